The van der Waals surface area contributed by atoms with Gasteiger partial charge in [-0.2, -0.15) is 23.3 Å². The molecule has 164 valence electrons. The summed E-state index contributed by atoms with van der Waals surface area (Å²) >= 11 is 0. The van der Waals surface area contributed by atoms with Gasteiger partial charge in [-0.3, -0.25) is 4.68 Å². The number of alkyl halides is 3. The first kappa shape index (κ1) is 21.0. The van der Waals surface area contributed by atoms with Gasteiger partial charge in [0.05, 0.1) is 29.3 Å². The van der Waals surface area contributed by atoms with Gasteiger partial charge >= 0.3 is 6.18 Å². The van der Waals surface area contributed by atoms with Crippen LogP contribution in [-0.4, -0.2) is 24.7 Å². The molecular weight excluding hydrogens is 428 g/mol. The number of nitrogen functional groups attached to an aromatic ring is 1. The summed E-state index contributed by atoms with van der Waals surface area (Å²) in [7, 11) is 1.74. The van der Waals surface area contributed by atoms with Crippen LogP contribution in [0.5, 0.6) is 0 Å². The zero-order chi connectivity index (χ0) is 22.9. The van der Waals surface area contributed by atoms with Gasteiger partial charge in [-0.05, 0) is 17.7 Å². The summed E-state index contributed by atoms with van der Waals surface area (Å²) < 4.78 is 54.6. The van der Waals surface area contributed by atoms with Crippen molar-refractivity contribution in [3.63, 3.8) is 0 Å². The number of halogens is 4. The highest BCUT2D eigenvalue weighted by atomic mass is 19.4. The Morgan fingerprint density at radius 1 is 1.00 bits per heavy atom. The van der Waals surface area contributed by atoms with Crippen LogP contribution in [0.2, 0.25) is 0 Å². The minimum atomic E-state index is -4.47. The van der Waals surface area contributed by atoms with E-state index in [4.69, 9.17) is 5.73 Å². The maximum atomic E-state index is 14.2. The van der Waals surface area contributed by atoms with Gasteiger partial charge in [0.2, 0.25) is 5.95 Å². The van der Waals surface area contributed by atoms with Crippen LogP contribution in [0, 0.1) is 5.82 Å². The predicted molar refractivity (Wildman–Crippen MR) is 111 cm³/mol. The van der Waals surface area contributed by atoms with Crippen LogP contribution in [0.25, 0.3) is 11.1 Å². The maximum absolute atomic E-state index is 14.2. The van der Waals surface area contributed by atoms with E-state index in [2.05, 4.69) is 30.7 Å². The molecule has 0 aliphatic rings. The van der Waals surface area contributed by atoms with Gasteiger partial charge < -0.3 is 16.4 Å². The number of benzene rings is 1. The Labute approximate surface area is 179 Å². The number of hydrogen-bond donors (Lipinski definition) is 3. The second kappa shape index (κ2) is 8.13. The van der Waals surface area contributed by atoms with Crippen molar-refractivity contribution in [3.8, 4) is 11.1 Å². The number of nitrogens with one attached hydrogen (secondary N) is 2. The molecule has 0 radical (unpaired) electrons. The first-order chi connectivity index (χ1) is 15.2. The van der Waals surface area contributed by atoms with Gasteiger partial charge in [-0.25, -0.2) is 14.4 Å². The fourth-order valence-corrected chi connectivity index (χ4v) is 2.88. The largest absolute Gasteiger partial charge is 0.416 e. The van der Waals surface area contributed by atoms with Gasteiger partial charge in [-0.15, -0.1) is 0 Å². The standard InChI is InChI=1S/C20H16F4N8/c1-32-10-13(7-28-32)29-19-27-8-14(11-2-4-12(5-3-11)20(22,23)24)18(31-19)30-16-6-17(25)26-9-15(16)21/h2-10H,1H3,(H4,25,26,27,29,30,31). The molecule has 4 aromatic rings. The quantitative estimate of drug-likeness (QED) is 0.389. The van der Waals surface area contributed by atoms with E-state index >= 15 is 0 Å². The lowest BCUT2D eigenvalue weighted by molar-refractivity contribution is -0.137. The summed E-state index contributed by atoms with van der Waals surface area (Å²) in [6.45, 7) is 0. The molecule has 4 rings (SSSR count). The number of nitrogens with two attached hydrogens (primary N) is 1. The lowest BCUT2D eigenvalue weighted by Crippen LogP contribution is -2.06. The minimum Gasteiger partial charge on any atom is -0.384 e. The minimum absolute atomic E-state index is 0.00307. The molecule has 0 saturated carbocycles. The number of pyridine rings is 1. The SMILES string of the molecule is Cn1cc(Nc2ncc(-c3ccc(C(F)(F)F)cc3)c(Nc3cc(N)ncc3F)n2)cn1. The van der Waals surface area contributed by atoms with E-state index in [0.717, 1.165) is 18.3 Å². The normalized spacial score (nSPS) is 11.4. The molecule has 0 amide bonds. The number of nitrogens with zero attached hydrogens (tertiary/aromatic N) is 5. The molecule has 32 heavy (non-hydrogen) atoms. The molecule has 1 aromatic carbocycles. The monoisotopic (exact) mass is 444 g/mol. The molecule has 4 N–H and O–H groups in total. The Hall–Kier alpha value is -4.22. The number of hydrogen-bond acceptors (Lipinski definition) is 7. The third-order valence-electron chi connectivity index (χ3n) is 4.40. The first-order valence-corrected chi connectivity index (χ1v) is 9.17. The molecule has 0 saturated heterocycles. The van der Waals surface area contributed by atoms with Crippen LogP contribution in [0.15, 0.2) is 55.1 Å². The summed E-state index contributed by atoms with van der Waals surface area (Å²) in [5, 5.41) is 9.82. The topological polar surface area (TPSA) is 107 Å². The van der Waals surface area contributed by atoms with Crippen LogP contribution in [0.1, 0.15) is 5.56 Å². The molecule has 0 fully saturated rings. The second-order valence-electron chi connectivity index (χ2n) is 6.77. The number of aryl methyl sites for hydroxylation is 1. The number of rotatable bonds is 5. The fourth-order valence-electron chi connectivity index (χ4n) is 2.88. The predicted octanol–water partition coefficient (Wildman–Crippen LogP) is 4.50. The highest BCUT2D eigenvalue weighted by molar-refractivity contribution is 5.79. The lowest BCUT2D eigenvalue weighted by Gasteiger charge is -2.14. The molecule has 3 aromatic heterocycles. The van der Waals surface area contributed by atoms with Crippen molar-refractivity contribution in [3.05, 3.63) is 66.5 Å². The van der Waals surface area contributed by atoms with Crippen LogP contribution in [-0.2, 0) is 13.2 Å². The van der Waals surface area contributed by atoms with Crippen molar-refractivity contribution in [2.75, 3.05) is 16.4 Å². The fraction of sp³-hybridized carbons (Fsp3) is 0.100. The molecule has 0 bridgehead atoms. The molecule has 0 spiro atoms. The Morgan fingerprint density at radius 2 is 1.75 bits per heavy atom. The van der Waals surface area contributed by atoms with Crippen molar-refractivity contribution in [1.29, 1.82) is 0 Å². The van der Waals surface area contributed by atoms with E-state index in [1.807, 2.05) is 0 Å². The van der Waals surface area contributed by atoms with Crippen LogP contribution in [0.4, 0.5) is 46.5 Å². The summed E-state index contributed by atoms with van der Waals surface area (Å²) in [5.74, 6) is -0.292. The van der Waals surface area contributed by atoms with Crippen molar-refractivity contribution in [2.24, 2.45) is 7.05 Å². The van der Waals surface area contributed by atoms with Crippen molar-refractivity contribution in [1.82, 2.24) is 24.7 Å². The summed E-state index contributed by atoms with van der Waals surface area (Å²) in [6, 6.07) is 5.76. The summed E-state index contributed by atoms with van der Waals surface area (Å²) in [6.07, 6.45) is 1.16. The number of aromatic nitrogens is 5. The molecule has 0 atom stereocenters. The van der Waals surface area contributed by atoms with E-state index in [9.17, 15) is 17.6 Å². The van der Waals surface area contributed by atoms with Crippen LogP contribution < -0.4 is 16.4 Å². The van der Waals surface area contributed by atoms with E-state index in [-0.39, 0.29) is 23.3 Å². The van der Waals surface area contributed by atoms with Crippen LogP contribution >= 0.6 is 0 Å². The maximum Gasteiger partial charge on any atom is 0.416 e. The number of anilines is 5. The second-order valence-corrected chi connectivity index (χ2v) is 6.77. The molecule has 8 nitrogen and oxygen atoms in total. The zero-order valence-corrected chi connectivity index (χ0v) is 16.5. The first-order valence-electron chi connectivity index (χ1n) is 9.17. The molecule has 3 heterocycles. The van der Waals surface area contributed by atoms with E-state index in [0.29, 0.717) is 16.8 Å². The summed E-state index contributed by atoms with van der Waals surface area (Å²) in [4.78, 5) is 12.3. The van der Waals surface area contributed by atoms with Crippen molar-refractivity contribution >= 4 is 29.0 Å². The smallest absolute Gasteiger partial charge is 0.384 e. The molecule has 12 heteroatoms. The molecular formula is C20H16F4N8. The van der Waals surface area contributed by atoms with Gasteiger partial charge in [-0.1, -0.05) is 12.1 Å². The summed E-state index contributed by atoms with van der Waals surface area (Å²) in [5.41, 5.74) is 6.21. The van der Waals surface area contributed by atoms with Gasteiger partial charge in [0.1, 0.15) is 11.6 Å². The molecule has 0 unspecified atom stereocenters. The lowest BCUT2D eigenvalue weighted by atomic mass is 10.1. The third kappa shape index (κ3) is 4.58. The Bertz CT molecular complexity index is 1250. The van der Waals surface area contributed by atoms with Gasteiger partial charge in [0.25, 0.3) is 0 Å². The molecule has 0 aliphatic heterocycles. The Balaban J connectivity index is 1.75. The van der Waals surface area contributed by atoms with E-state index in [1.54, 1.807) is 24.1 Å². The third-order valence-corrected chi connectivity index (χ3v) is 4.40. The Morgan fingerprint density at radius 3 is 2.41 bits per heavy atom. The van der Waals surface area contributed by atoms with Gasteiger partial charge in [0, 0.05) is 31.1 Å². The van der Waals surface area contributed by atoms with Crippen molar-refractivity contribution in [2.45, 2.75) is 6.18 Å². The highest BCUT2D eigenvalue weighted by Gasteiger charge is 2.30. The molecule has 0 aliphatic carbocycles. The highest BCUT2D eigenvalue weighted by Crippen LogP contribution is 2.34. The average Bonchev–Trinajstić information content (AvgIpc) is 3.15. The van der Waals surface area contributed by atoms with Crippen molar-refractivity contribution < 1.29 is 17.6 Å². The average molecular weight is 444 g/mol. The van der Waals surface area contributed by atoms with Crippen LogP contribution in [0.3, 0.4) is 0 Å². The van der Waals surface area contributed by atoms with E-state index < -0.39 is 17.6 Å². The van der Waals surface area contributed by atoms with Gasteiger partial charge in [0.15, 0.2) is 5.82 Å². The van der Waals surface area contributed by atoms with E-state index in [1.165, 1.54) is 24.4 Å². The zero-order valence-electron chi connectivity index (χ0n) is 16.5. The Kier molecular flexibility index (Phi) is 5.34.